The van der Waals surface area contributed by atoms with Gasteiger partial charge in [0.05, 0.1) is 6.54 Å². The molecule has 0 unspecified atom stereocenters. The normalized spacial score (nSPS) is 10.8. The van der Waals surface area contributed by atoms with Gasteiger partial charge in [-0.15, -0.1) is 10.2 Å². The molecule has 0 aliphatic rings. The largest absolute Gasteiger partial charge is 0.378 e. The zero-order chi connectivity index (χ0) is 23.9. The first kappa shape index (κ1) is 24.6. The Morgan fingerprint density at radius 3 is 2.59 bits per heavy atom. The Kier molecular flexibility index (Phi) is 8.47. The van der Waals surface area contributed by atoms with Crippen LogP contribution in [0.2, 0.25) is 5.02 Å². The number of rotatable bonds is 9. The Bertz CT molecular complexity index is 1260. The average Bonchev–Trinajstić information content (AvgIpc) is 3.24. The first-order valence-corrected chi connectivity index (χ1v) is 13.1. The third kappa shape index (κ3) is 6.52. The molecule has 0 fully saturated rings. The van der Waals surface area contributed by atoms with Gasteiger partial charge in [0.15, 0.2) is 11.0 Å². The highest BCUT2D eigenvalue weighted by atomic mass is 127. The summed E-state index contributed by atoms with van der Waals surface area (Å²) in [6, 6.07) is 23.7. The Balaban J connectivity index is 1.43. The van der Waals surface area contributed by atoms with E-state index in [4.69, 9.17) is 11.6 Å². The van der Waals surface area contributed by atoms with Gasteiger partial charge in [-0.1, -0.05) is 47.6 Å². The number of nitrogens with one attached hydrogen (secondary N) is 2. The Morgan fingerprint density at radius 1 is 1.06 bits per heavy atom. The maximum absolute atomic E-state index is 12.5. The van der Waals surface area contributed by atoms with Crippen LogP contribution in [0.15, 0.2) is 78.0 Å². The molecule has 174 valence electrons. The zero-order valence-corrected chi connectivity index (χ0v) is 22.2. The Hall–Kier alpha value is -2.56. The van der Waals surface area contributed by atoms with Gasteiger partial charge in [0.1, 0.15) is 0 Å². The van der Waals surface area contributed by atoms with E-state index in [1.807, 2.05) is 66.1 Å². The number of thioether (sulfide) groups is 1. The summed E-state index contributed by atoms with van der Waals surface area (Å²) in [6.45, 7) is 2.46. The van der Waals surface area contributed by atoms with Gasteiger partial charge >= 0.3 is 0 Å². The van der Waals surface area contributed by atoms with Gasteiger partial charge in [-0.25, -0.2) is 0 Å². The van der Waals surface area contributed by atoms with Crippen LogP contribution < -0.4 is 10.6 Å². The lowest BCUT2D eigenvalue weighted by molar-refractivity contribution is -0.115. The van der Waals surface area contributed by atoms with Crippen molar-refractivity contribution in [2.45, 2.75) is 25.0 Å². The van der Waals surface area contributed by atoms with Gasteiger partial charge in [-0.2, -0.15) is 0 Å². The van der Waals surface area contributed by atoms with Gasteiger partial charge in [0, 0.05) is 37.8 Å². The van der Waals surface area contributed by atoms with Crippen molar-refractivity contribution >= 4 is 63.2 Å². The van der Waals surface area contributed by atoms with Crippen molar-refractivity contribution < 1.29 is 4.79 Å². The lowest BCUT2D eigenvalue weighted by atomic mass is 10.2. The molecule has 1 aromatic heterocycles. The molecule has 4 aromatic rings. The van der Waals surface area contributed by atoms with Gasteiger partial charge in [0.25, 0.3) is 0 Å². The minimum atomic E-state index is -0.0655. The molecule has 3 aromatic carbocycles. The molecule has 0 atom stereocenters. The van der Waals surface area contributed by atoms with Gasteiger partial charge in [-0.05, 0) is 83.6 Å². The highest BCUT2D eigenvalue weighted by molar-refractivity contribution is 14.1. The number of halogens is 2. The molecule has 0 spiro atoms. The number of nitrogens with zero attached hydrogens (tertiary/aromatic N) is 3. The SMILES string of the molecule is Cc1ccc(Cl)cc1NC(=O)CCSc1nnc(CNc2ccc(I)cc2)n1-c1ccccc1. The summed E-state index contributed by atoms with van der Waals surface area (Å²) in [5, 5.41) is 16.5. The molecule has 0 saturated heterocycles. The van der Waals surface area contributed by atoms with Crippen LogP contribution >= 0.6 is 46.0 Å². The second kappa shape index (κ2) is 11.7. The number of hydrogen-bond donors (Lipinski definition) is 2. The molecule has 0 radical (unpaired) electrons. The number of aromatic nitrogens is 3. The Labute approximate surface area is 221 Å². The quantitative estimate of drug-likeness (QED) is 0.167. The summed E-state index contributed by atoms with van der Waals surface area (Å²) < 4.78 is 3.22. The van der Waals surface area contributed by atoms with Crippen LogP contribution in [0.3, 0.4) is 0 Å². The number of anilines is 2. The standard InChI is InChI=1S/C25H23ClIN5OS/c1-17-7-8-18(26)15-22(17)29-24(33)13-14-34-25-31-30-23(32(25)21-5-3-2-4-6-21)16-28-20-11-9-19(27)10-12-20/h2-12,15,28H,13-14,16H2,1H3,(H,29,33). The van der Waals surface area contributed by atoms with Crippen molar-refractivity contribution in [1.82, 2.24) is 14.8 Å². The fourth-order valence-corrected chi connectivity index (χ4v) is 4.71. The second-order valence-electron chi connectivity index (χ2n) is 7.54. The summed E-state index contributed by atoms with van der Waals surface area (Å²) in [5.74, 6) is 1.30. The first-order chi connectivity index (χ1) is 16.5. The van der Waals surface area contributed by atoms with Crippen LogP contribution in [-0.2, 0) is 11.3 Å². The van der Waals surface area contributed by atoms with Crippen molar-refractivity contribution in [2.24, 2.45) is 0 Å². The van der Waals surface area contributed by atoms with E-state index in [0.717, 1.165) is 33.6 Å². The topological polar surface area (TPSA) is 71.8 Å². The summed E-state index contributed by atoms with van der Waals surface area (Å²) >= 11 is 9.85. The Morgan fingerprint density at radius 2 is 1.82 bits per heavy atom. The lowest BCUT2D eigenvalue weighted by Crippen LogP contribution is -2.13. The van der Waals surface area contributed by atoms with Crippen LogP contribution in [0.5, 0.6) is 0 Å². The minimum absolute atomic E-state index is 0.0655. The summed E-state index contributed by atoms with van der Waals surface area (Å²) in [6.07, 6.45) is 0.342. The molecule has 34 heavy (non-hydrogen) atoms. The first-order valence-electron chi connectivity index (χ1n) is 10.7. The lowest BCUT2D eigenvalue weighted by Gasteiger charge is -2.12. The molecular weight excluding hydrogens is 581 g/mol. The highest BCUT2D eigenvalue weighted by Crippen LogP contribution is 2.24. The van der Waals surface area contributed by atoms with Crippen molar-refractivity contribution in [3.8, 4) is 5.69 Å². The van der Waals surface area contributed by atoms with Crippen molar-refractivity contribution in [1.29, 1.82) is 0 Å². The number of carbonyl (C=O) groups is 1. The predicted octanol–water partition coefficient (Wildman–Crippen LogP) is 6.57. The fraction of sp³-hybridized carbons (Fsp3) is 0.160. The summed E-state index contributed by atoms with van der Waals surface area (Å²) in [4.78, 5) is 12.5. The molecule has 2 N–H and O–H groups in total. The van der Waals surface area contributed by atoms with E-state index in [-0.39, 0.29) is 5.91 Å². The smallest absolute Gasteiger partial charge is 0.225 e. The van der Waals surface area contributed by atoms with Crippen LogP contribution in [0.4, 0.5) is 11.4 Å². The molecular formula is C25H23ClIN5OS. The number of hydrogen-bond acceptors (Lipinski definition) is 5. The van der Waals surface area contributed by atoms with Crippen LogP contribution in [0, 0.1) is 10.5 Å². The monoisotopic (exact) mass is 603 g/mol. The second-order valence-corrected chi connectivity index (χ2v) is 10.3. The molecule has 6 nitrogen and oxygen atoms in total. The number of para-hydroxylation sites is 1. The van der Waals surface area contributed by atoms with E-state index >= 15 is 0 Å². The molecule has 0 aliphatic carbocycles. The van der Waals surface area contributed by atoms with E-state index in [1.54, 1.807) is 6.07 Å². The summed E-state index contributed by atoms with van der Waals surface area (Å²) in [7, 11) is 0. The van der Waals surface area contributed by atoms with Gasteiger partial charge in [0.2, 0.25) is 5.91 Å². The number of carbonyl (C=O) groups excluding carboxylic acids is 1. The molecule has 4 rings (SSSR count). The van der Waals surface area contributed by atoms with E-state index in [2.05, 4.69) is 55.6 Å². The molecule has 0 bridgehead atoms. The third-order valence-corrected chi connectivity index (χ3v) is 6.93. The van der Waals surface area contributed by atoms with Gasteiger partial charge < -0.3 is 10.6 Å². The zero-order valence-electron chi connectivity index (χ0n) is 18.5. The van der Waals surface area contributed by atoms with E-state index < -0.39 is 0 Å². The van der Waals surface area contributed by atoms with Crippen LogP contribution in [0.25, 0.3) is 5.69 Å². The van der Waals surface area contributed by atoms with Crippen molar-refractivity contribution in [3.63, 3.8) is 0 Å². The molecule has 0 saturated carbocycles. The average molecular weight is 604 g/mol. The number of benzene rings is 3. The van der Waals surface area contributed by atoms with E-state index in [0.29, 0.717) is 23.7 Å². The van der Waals surface area contributed by atoms with Crippen LogP contribution in [-0.4, -0.2) is 26.4 Å². The number of amides is 1. The summed E-state index contributed by atoms with van der Waals surface area (Å²) in [5.41, 5.74) is 3.71. The molecule has 0 aliphatic heterocycles. The van der Waals surface area contributed by atoms with E-state index in [1.165, 1.54) is 15.3 Å². The van der Waals surface area contributed by atoms with E-state index in [9.17, 15) is 4.79 Å². The van der Waals surface area contributed by atoms with Crippen molar-refractivity contribution in [3.05, 3.63) is 92.8 Å². The molecule has 9 heteroatoms. The van der Waals surface area contributed by atoms with Crippen molar-refractivity contribution in [2.75, 3.05) is 16.4 Å². The maximum Gasteiger partial charge on any atom is 0.225 e. The fourth-order valence-electron chi connectivity index (χ4n) is 3.27. The third-order valence-electron chi connectivity index (χ3n) is 5.04. The van der Waals surface area contributed by atoms with Crippen LogP contribution in [0.1, 0.15) is 17.8 Å². The number of aryl methyl sites for hydroxylation is 1. The predicted molar refractivity (Wildman–Crippen MR) is 148 cm³/mol. The maximum atomic E-state index is 12.5. The highest BCUT2D eigenvalue weighted by Gasteiger charge is 2.15. The minimum Gasteiger partial charge on any atom is -0.378 e. The molecule has 1 amide bonds. The van der Waals surface area contributed by atoms with Gasteiger partial charge in [-0.3, -0.25) is 9.36 Å². The molecule has 1 heterocycles.